The van der Waals surface area contributed by atoms with Gasteiger partial charge in [0.2, 0.25) is 0 Å². The Balaban J connectivity index is 2.32. The predicted molar refractivity (Wildman–Crippen MR) is 61.0 cm³/mol. The van der Waals surface area contributed by atoms with Gasteiger partial charge in [-0.25, -0.2) is 8.78 Å². The SMILES string of the molecule is Oc1ccc2c(-c3c(F)cccc3F)noc2c1. The molecular weight excluding hydrogens is 240 g/mol. The van der Waals surface area contributed by atoms with Crippen molar-refractivity contribution < 1.29 is 18.4 Å². The van der Waals surface area contributed by atoms with E-state index in [1.807, 2.05) is 0 Å². The molecule has 1 heterocycles. The van der Waals surface area contributed by atoms with Gasteiger partial charge in [0.05, 0.1) is 10.9 Å². The third-order valence-electron chi connectivity index (χ3n) is 2.66. The Bertz CT molecular complexity index is 717. The molecule has 0 aliphatic heterocycles. The highest BCUT2D eigenvalue weighted by Gasteiger charge is 2.18. The molecule has 0 unspecified atom stereocenters. The number of nitrogens with zero attached hydrogens (tertiary/aromatic N) is 1. The predicted octanol–water partition coefficient (Wildman–Crippen LogP) is 3.48. The van der Waals surface area contributed by atoms with E-state index in [9.17, 15) is 13.9 Å². The molecule has 0 bridgehead atoms. The number of phenolic OH excluding ortho intramolecular Hbond substituents is 1. The number of hydrogen-bond donors (Lipinski definition) is 1. The first-order valence-corrected chi connectivity index (χ1v) is 5.19. The first-order chi connectivity index (χ1) is 8.66. The molecule has 0 saturated carbocycles. The maximum absolute atomic E-state index is 13.6. The van der Waals surface area contributed by atoms with Crippen molar-refractivity contribution in [3.63, 3.8) is 0 Å². The lowest BCUT2D eigenvalue weighted by atomic mass is 10.1. The van der Waals surface area contributed by atoms with Crippen molar-refractivity contribution in [2.45, 2.75) is 0 Å². The molecule has 0 saturated heterocycles. The standard InChI is InChI=1S/C13H7F2NO2/c14-9-2-1-3-10(15)12(9)13-8-5-4-7(17)6-11(8)18-16-13/h1-6,17H. The van der Waals surface area contributed by atoms with Crippen LogP contribution in [0.2, 0.25) is 0 Å². The summed E-state index contributed by atoms with van der Waals surface area (Å²) < 4.78 is 32.3. The average Bonchev–Trinajstić information content (AvgIpc) is 2.72. The van der Waals surface area contributed by atoms with Crippen LogP contribution in [0.1, 0.15) is 0 Å². The summed E-state index contributed by atoms with van der Waals surface area (Å²) >= 11 is 0. The van der Waals surface area contributed by atoms with Crippen LogP contribution in [-0.4, -0.2) is 10.3 Å². The smallest absolute Gasteiger partial charge is 0.171 e. The first-order valence-electron chi connectivity index (χ1n) is 5.19. The number of fused-ring (bicyclic) bond motifs is 1. The maximum atomic E-state index is 13.6. The van der Waals surface area contributed by atoms with Crippen LogP contribution in [-0.2, 0) is 0 Å². The molecule has 0 spiro atoms. The fraction of sp³-hybridized carbons (Fsp3) is 0. The Morgan fingerprint density at radius 1 is 1.06 bits per heavy atom. The van der Waals surface area contributed by atoms with Gasteiger partial charge in [-0.1, -0.05) is 11.2 Å². The average molecular weight is 247 g/mol. The highest BCUT2D eigenvalue weighted by molar-refractivity contribution is 5.92. The summed E-state index contributed by atoms with van der Waals surface area (Å²) in [5, 5.41) is 13.4. The number of phenols is 1. The minimum atomic E-state index is -0.710. The molecule has 0 fully saturated rings. The first kappa shape index (κ1) is 10.7. The summed E-state index contributed by atoms with van der Waals surface area (Å²) in [6, 6.07) is 7.83. The lowest BCUT2D eigenvalue weighted by molar-refractivity contribution is 0.450. The Morgan fingerprint density at radius 3 is 2.50 bits per heavy atom. The van der Waals surface area contributed by atoms with E-state index in [1.54, 1.807) is 0 Å². The van der Waals surface area contributed by atoms with Gasteiger partial charge in [0, 0.05) is 6.07 Å². The zero-order valence-electron chi connectivity index (χ0n) is 9.02. The van der Waals surface area contributed by atoms with Crippen LogP contribution in [0.4, 0.5) is 8.78 Å². The number of hydrogen-bond acceptors (Lipinski definition) is 3. The van der Waals surface area contributed by atoms with Crippen LogP contribution in [0, 0.1) is 11.6 Å². The molecule has 2 aromatic carbocycles. The molecule has 3 nitrogen and oxygen atoms in total. The minimum absolute atomic E-state index is 0.000736. The van der Waals surface area contributed by atoms with Gasteiger partial charge in [-0.2, -0.15) is 0 Å². The normalized spacial score (nSPS) is 11.0. The number of aromatic nitrogens is 1. The second-order valence-electron chi connectivity index (χ2n) is 3.81. The van der Waals surface area contributed by atoms with Crippen LogP contribution in [0.15, 0.2) is 40.9 Å². The van der Waals surface area contributed by atoms with Gasteiger partial charge >= 0.3 is 0 Å². The zero-order chi connectivity index (χ0) is 12.7. The summed E-state index contributed by atoms with van der Waals surface area (Å²) in [4.78, 5) is 0. The highest BCUT2D eigenvalue weighted by atomic mass is 19.1. The summed E-state index contributed by atoms with van der Waals surface area (Å²) in [6.07, 6.45) is 0. The van der Waals surface area contributed by atoms with Crippen LogP contribution in [0.25, 0.3) is 22.2 Å². The fourth-order valence-corrected chi connectivity index (χ4v) is 1.83. The number of benzene rings is 2. The summed E-state index contributed by atoms with van der Waals surface area (Å²) in [7, 11) is 0. The van der Waals surface area contributed by atoms with E-state index >= 15 is 0 Å². The Hall–Kier alpha value is -2.43. The van der Waals surface area contributed by atoms with Crippen LogP contribution < -0.4 is 0 Å². The van der Waals surface area contributed by atoms with Gasteiger partial charge in [0.1, 0.15) is 23.1 Å². The molecule has 1 N–H and O–H groups in total. The van der Waals surface area contributed by atoms with Crippen molar-refractivity contribution in [1.29, 1.82) is 0 Å². The molecule has 3 rings (SSSR count). The van der Waals surface area contributed by atoms with Crippen molar-refractivity contribution in [3.05, 3.63) is 48.0 Å². The molecule has 0 aliphatic carbocycles. The topological polar surface area (TPSA) is 46.3 Å². The Morgan fingerprint density at radius 2 is 1.78 bits per heavy atom. The fourth-order valence-electron chi connectivity index (χ4n) is 1.83. The van der Waals surface area contributed by atoms with Gasteiger partial charge in [-0.15, -0.1) is 0 Å². The van der Waals surface area contributed by atoms with Crippen molar-refractivity contribution in [2.24, 2.45) is 0 Å². The van der Waals surface area contributed by atoms with Gasteiger partial charge in [-0.05, 0) is 24.3 Å². The second kappa shape index (κ2) is 3.80. The molecule has 0 atom stereocenters. The van der Waals surface area contributed by atoms with E-state index in [2.05, 4.69) is 5.16 Å². The molecule has 3 aromatic rings. The van der Waals surface area contributed by atoms with E-state index in [4.69, 9.17) is 4.52 Å². The highest BCUT2D eigenvalue weighted by Crippen LogP contribution is 2.32. The zero-order valence-corrected chi connectivity index (χ0v) is 9.02. The van der Waals surface area contributed by atoms with Gasteiger partial charge < -0.3 is 9.63 Å². The quantitative estimate of drug-likeness (QED) is 0.716. The molecule has 0 radical (unpaired) electrons. The number of rotatable bonds is 1. The Kier molecular flexibility index (Phi) is 2.26. The van der Waals surface area contributed by atoms with Crippen LogP contribution >= 0.6 is 0 Å². The van der Waals surface area contributed by atoms with E-state index in [0.29, 0.717) is 5.39 Å². The van der Waals surface area contributed by atoms with Crippen LogP contribution in [0.3, 0.4) is 0 Å². The molecule has 1 aromatic heterocycles. The van der Waals surface area contributed by atoms with Crippen molar-refractivity contribution >= 4 is 11.0 Å². The number of aromatic hydroxyl groups is 1. The van der Waals surface area contributed by atoms with Crippen molar-refractivity contribution in [2.75, 3.05) is 0 Å². The maximum Gasteiger partial charge on any atom is 0.171 e. The lowest BCUT2D eigenvalue weighted by Gasteiger charge is -2.00. The van der Waals surface area contributed by atoms with Crippen LogP contribution in [0.5, 0.6) is 5.75 Å². The largest absolute Gasteiger partial charge is 0.508 e. The van der Waals surface area contributed by atoms with E-state index < -0.39 is 11.6 Å². The summed E-state index contributed by atoms with van der Waals surface area (Å²) in [6.45, 7) is 0. The van der Waals surface area contributed by atoms with Crippen molar-refractivity contribution in [3.8, 4) is 17.0 Å². The lowest BCUT2D eigenvalue weighted by Crippen LogP contribution is -1.89. The third kappa shape index (κ3) is 1.52. The molecular formula is C13H7F2NO2. The molecule has 90 valence electrons. The molecule has 0 aliphatic rings. The third-order valence-corrected chi connectivity index (χ3v) is 2.66. The second-order valence-corrected chi connectivity index (χ2v) is 3.81. The van der Waals surface area contributed by atoms with E-state index in [1.165, 1.54) is 24.3 Å². The Labute approximate surface area is 100 Å². The molecule has 0 amide bonds. The van der Waals surface area contributed by atoms with E-state index in [-0.39, 0.29) is 22.6 Å². The monoisotopic (exact) mass is 247 g/mol. The van der Waals surface area contributed by atoms with Crippen molar-refractivity contribution in [1.82, 2.24) is 5.16 Å². The minimum Gasteiger partial charge on any atom is -0.508 e. The summed E-state index contributed by atoms with van der Waals surface area (Å²) in [5.41, 5.74) is 0.121. The number of halogens is 2. The van der Waals surface area contributed by atoms with Gasteiger partial charge in [-0.3, -0.25) is 0 Å². The van der Waals surface area contributed by atoms with Gasteiger partial charge in [0.15, 0.2) is 5.58 Å². The summed E-state index contributed by atoms with van der Waals surface area (Å²) in [5.74, 6) is -1.42. The van der Waals surface area contributed by atoms with E-state index in [0.717, 1.165) is 12.1 Å². The van der Waals surface area contributed by atoms with Gasteiger partial charge in [0.25, 0.3) is 0 Å². The molecule has 5 heteroatoms. The molecule has 18 heavy (non-hydrogen) atoms.